The van der Waals surface area contributed by atoms with Crippen LogP contribution in [0.25, 0.3) is 0 Å². The molecule has 0 atom stereocenters. The van der Waals surface area contributed by atoms with E-state index < -0.39 is 0 Å². The van der Waals surface area contributed by atoms with Gasteiger partial charge in [-0.2, -0.15) is 11.8 Å². The number of rotatable bonds is 4. The SMILES string of the molecule is CSC1CCC(NCc2cccc(F)c2)CC1. The van der Waals surface area contributed by atoms with Crippen molar-refractivity contribution in [1.82, 2.24) is 5.32 Å². The molecule has 0 radical (unpaired) electrons. The Morgan fingerprint density at radius 1 is 1.29 bits per heavy atom. The quantitative estimate of drug-likeness (QED) is 0.880. The van der Waals surface area contributed by atoms with E-state index in [0.717, 1.165) is 17.4 Å². The highest BCUT2D eigenvalue weighted by Gasteiger charge is 2.19. The zero-order chi connectivity index (χ0) is 12.1. The average molecular weight is 253 g/mol. The maximum absolute atomic E-state index is 13.0. The molecule has 0 saturated heterocycles. The second kappa shape index (κ2) is 6.41. The third-order valence-electron chi connectivity index (χ3n) is 3.49. The van der Waals surface area contributed by atoms with Gasteiger partial charge in [-0.05, 0) is 49.6 Å². The molecule has 1 saturated carbocycles. The molecule has 1 N–H and O–H groups in total. The molecule has 1 nitrogen and oxygen atoms in total. The maximum atomic E-state index is 13.0. The van der Waals surface area contributed by atoms with Crippen LogP contribution < -0.4 is 5.32 Å². The molecule has 0 unspecified atom stereocenters. The van der Waals surface area contributed by atoms with Crippen molar-refractivity contribution in [2.45, 2.75) is 43.5 Å². The zero-order valence-electron chi connectivity index (χ0n) is 10.3. The van der Waals surface area contributed by atoms with E-state index in [1.807, 2.05) is 17.8 Å². The number of benzene rings is 1. The predicted octanol–water partition coefficient (Wildman–Crippen LogP) is 3.59. The minimum Gasteiger partial charge on any atom is -0.310 e. The minimum absolute atomic E-state index is 0.143. The molecule has 1 aromatic carbocycles. The summed E-state index contributed by atoms with van der Waals surface area (Å²) in [4.78, 5) is 0. The van der Waals surface area contributed by atoms with Gasteiger partial charge >= 0.3 is 0 Å². The lowest BCUT2D eigenvalue weighted by molar-refractivity contribution is 0.378. The van der Waals surface area contributed by atoms with Gasteiger partial charge in [0.2, 0.25) is 0 Å². The van der Waals surface area contributed by atoms with Gasteiger partial charge in [0.15, 0.2) is 0 Å². The number of hydrogen-bond acceptors (Lipinski definition) is 2. The van der Waals surface area contributed by atoms with Crippen LogP contribution in [0.1, 0.15) is 31.2 Å². The largest absolute Gasteiger partial charge is 0.310 e. The topological polar surface area (TPSA) is 12.0 Å². The Kier molecular flexibility index (Phi) is 4.86. The Hall–Kier alpha value is -0.540. The number of halogens is 1. The predicted molar refractivity (Wildman–Crippen MR) is 72.8 cm³/mol. The smallest absolute Gasteiger partial charge is 0.123 e. The summed E-state index contributed by atoms with van der Waals surface area (Å²) < 4.78 is 13.0. The standard InChI is InChI=1S/C14H20FNS/c1-17-14-7-5-13(6-8-14)16-10-11-3-2-4-12(15)9-11/h2-4,9,13-14,16H,5-8,10H2,1H3. The molecule has 3 heteroatoms. The van der Waals surface area contributed by atoms with Gasteiger partial charge in [0.05, 0.1) is 0 Å². The van der Waals surface area contributed by atoms with Gasteiger partial charge in [-0.25, -0.2) is 4.39 Å². The highest BCUT2D eigenvalue weighted by atomic mass is 32.2. The minimum atomic E-state index is -0.143. The van der Waals surface area contributed by atoms with Crippen LogP contribution in [-0.2, 0) is 6.54 Å². The Labute approximate surface area is 107 Å². The number of thioether (sulfide) groups is 1. The van der Waals surface area contributed by atoms with Gasteiger partial charge in [-0.1, -0.05) is 12.1 Å². The van der Waals surface area contributed by atoms with Crippen LogP contribution >= 0.6 is 11.8 Å². The van der Waals surface area contributed by atoms with Gasteiger partial charge in [0, 0.05) is 17.8 Å². The Balaban J connectivity index is 1.76. The third kappa shape index (κ3) is 4.00. The molecule has 17 heavy (non-hydrogen) atoms. The van der Waals surface area contributed by atoms with Crippen molar-refractivity contribution in [3.05, 3.63) is 35.6 Å². The van der Waals surface area contributed by atoms with Crippen LogP contribution in [0.15, 0.2) is 24.3 Å². The van der Waals surface area contributed by atoms with Crippen LogP contribution in [0.2, 0.25) is 0 Å². The first-order valence-electron chi connectivity index (χ1n) is 6.28. The van der Waals surface area contributed by atoms with E-state index in [9.17, 15) is 4.39 Å². The Morgan fingerprint density at radius 2 is 2.06 bits per heavy atom. The fraction of sp³-hybridized carbons (Fsp3) is 0.571. The van der Waals surface area contributed by atoms with Crippen LogP contribution in [0.3, 0.4) is 0 Å². The zero-order valence-corrected chi connectivity index (χ0v) is 11.1. The lowest BCUT2D eigenvalue weighted by Gasteiger charge is -2.28. The molecule has 1 aliphatic rings. The molecular weight excluding hydrogens is 233 g/mol. The summed E-state index contributed by atoms with van der Waals surface area (Å²) in [5, 5.41) is 4.38. The number of nitrogens with one attached hydrogen (secondary N) is 1. The van der Waals surface area contributed by atoms with Crippen LogP contribution in [0.5, 0.6) is 0 Å². The molecule has 2 rings (SSSR count). The van der Waals surface area contributed by atoms with E-state index >= 15 is 0 Å². The fourth-order valence-electron chi connectivity index (χ4n) is 2.41. The van der Waals surface area contributed by atoms with Crippen LogP contribution in [0.4, 0.5) is 4.39 Å². The third-order valence-corrected chi connectivity index (χ3v) is 4.63. The summed E-state index contributed by atoms with van der Waals surface area (Å²) >= 11 is 1.99. The highest BCUT2D eigenvalue weighted by molar-refractivity contribution is 7.99. The second-order valence-electron chi connectivity index (χ2n) is 4.72. The van der Waals surface area contributed by atoms with Crippen molar-refractivity contribution in [2.24, 2.45) is 0 Å². The van der Waals surface area contributed by atoms with Crippen molar-refractivity contribution < 1.29 is 4.39 Å². The van der Waals surface area contributed by atoms with E-state index in [0.29, 0.717) is 6.04 Å². The summed E-state index contributed by atoms with van der Waals surface area (Å²) in [5.74, 6) is -0.143. The Bertz CT molecular complexity index is 348. The molecule has 0 aliphatic heterocycles. The second-order valence-corrected chi connectivity index (χ2v) is 5.86. The molecule has 1 fully saturated rings. The van der Waals surface area contributed by atoms with Gasteiger partial charge in [0.1, 0.15) is 5.82 Å². The molecular formula is C14H20FNS. The van der Waals surface area contributed by atoms with E-state index in [2.05, 4.69) is 11.6 Å². The summed E-state index contributed by atoms with van der Waals surface area (Å²) in [6.07, 6.45) is 7.32. The van der Waals surface area contributed by atoms with Gasteiger partial charge in [-0.3, -0.25) is 0 Å². The summed E-state index contributed by atoms with van der Waals surface area (Å²) in [6, 6.07) is 7.47. The molecule has 0 bridgehead atoms. The van der Waals surface area contributed by atoms with Gasteiger partial charge in [0.25, 0.3) is 0 Å². The maximum Gasteiger partial charge on any atom is 0.123 e. The lowest BCUT2D eigenvalue weighted by atomic mass is 9.95. The van der Waals surface area contributed by atoms with Crippen molar-refractivity contribution >= 4 is 11.8 Å². The first-order chi connectivity index (χ1) is 8.28. The van der Waals surface area contributed by atoms with Crippen molar-refractivity contribution in [1.29, 1.82) is 0 Å². The first kappa shape index (κ1) is 12.9. The summed E-state index contributed by atoms with van der Waals surface area (Å²) in [7, 11) is 0. The van der Waals surface area contributed by atoms with Crippen molar-refractivity contribution in [3.8, 4) is 0 Å². The molecule has 1 aliphatic carbocycles. The van der Waals surface area contributed by atoms with Gasteiger partial charge < -0.3 is 5.32 Å². The highest BCUT2D eigenvalue weighted by Crippen LogP contribution is 2.26. The fourth-order valence-corrected chi connectivity index (χ4v) is 3.16. The van der Waals surface area contributed by atoms with Gasteiger partial charge in [-0.15, -0.1) is 0 Å². The average Bonchev–Trinajstić information content (AvgIpc) is 2.37. The molecule has 1 aromatic rings. The van der Waals surface area contributed by atoms with E-state index in [-0.39, 0.29) is 5.82 Å². The van der Waals surface area contributed by atoms with E-state index in [1.165, 1.54) is 31.7 Å². The monoisotopic (exact) mass is 253 g/mol. The lowest BCUT2D eigenvalue weighted by Crippen LogP contribution is -2.33. The number of hydrogen-bond donors (Lipinski definition) is 1. The summed E-state index contributed by atoms with van der Waals surface area (Å²) in [5.41, 5.74) is 1.04. The molecule has 0 amide bonds. The van der Waals surface area contributed by atoms with Crippen molar-refractivity contribution in [2.75, 3.05) is 6.26 Å². The van der Waals surface area contributed by atoms with E-state index in [1.54, 1.807) is 12.1 Å². The van der Waals surface area contributed by atoms with E-state index in [4.69, 9.17) is 0 Å². The summed E-state index contributed by atoms with van der Waals surface area (Å²) in [6.45, 7) is 0.784. The molecule has 0 heterocycles. The van der Waals surface area contributed by atoms with Crippen LogP contribution in [-0.4, -0.2) is 17.5 Å². The normalized spacial score (nSPS) is 24.8. The molecule has 0 spiro atoms. The van der Waals surface area contributed by atoms with Crippen molar-refractivity contribution in [3.63, 3.8) is 0 Å². The Morgan fingerprint density at radius 3 is 2.71 bits per heavy atom. The molecule has 94 valence electrons. The first-order valence-corrected chi connectivity index (χ1v) is 7.57. The van der Waals surface area contributed by atoms with Crippen LogP contribution in [0, 0.1) is 5.82 Å². The molecule has 0 aromatic heterocycles.